The van der Waals surface area contributed by atoms with E-state index in [0.29, 0.717) is 18.9 Å². The summed E-state index contributed by atoms with van der Waals surface area (Å²) < 4.78 is 28.7. The summed E-state index contributed by atoms with van der Waals surface area (Å²) in [5.41, 5.74) is 11.5. The molecule has 3 rings (SSSR count). The molecule has 1 aliphatic heterocycles. The molecule has 0 saturated heterocycles. The van der Waals surface area contributed by atoms with Gasteiger partial charge < -0.3 is 20.9 Å². The highest BCUT2D eigenvalue weighted by molar-refractivity contribution is 5.90. The van der Waals surface area contributed by atoms with Crippen LogP contribution < -0.4 is 11.5 Å². The fourth-order valence-corrected chi connectivity index (χ4v) is 2.99. The highest BCUT2D eigenvalue weighted by Crippen LogP contribution is 2.16. The fraction of sp³-hybridized carbons (Fsp3) is 0.353. The molecular weight excluding hydrogens is 344 g/mol. The lowest BCUT2D eigenvalue weighted by atomic mass is 10.0. The summed E-state index contributed by atoms with van der Waals surface area (Å²) in [5, 5.41) is 0. The molecule has 0 fully saturated rings. The number of imidazole rings is 1. The zero-order valence-electron chi connectivity index (χ0n) is 14.0. The van der Waals surface area contributed by atoms with Crippen molar-refractivity contribution in [2.45, 2.75) is 32.0 Å². The predicted molar refractivity (Wildman–Crippen MR) is 88.8 cm³/mol. The molecule has 1 unspecified atom stereocenters. The van der Waals surface area contributed by atoms with Gasteiger partial charge in [0, 0.05) is 31.7 Å². The normalized spacial score (nSPS) is 14.8. The van der Waals surface area contributed by atoms with Crippen molar-refractivity contribution >= 4 is 11.8 Å². The van der Waals surface area contributed by atoms with Gasteiger partial charge in [0.25, 0.3) is 5.91 Å². The molecule has 2 heterocycles. The van der Waals surface area contributed by atoms with Gasteiger partial charge in [0.2, 0.25) is 5.91 Å². The molecule has 1 aliphatic rings. The van der Waals surface area contributed by atoms with Crippen LogP contribution in [0.3, 0.4) is 0 Å². The van der Waals surface area contributed by atoms with Gasteiger partial charge in [-0.3, -0.25) is 9.59 Å². The Morgan fingerprint density at radius 3 is 2.77 bits per heavy atom. The first-order valence-electron chi connectivity index (χ1n) is 8.16. The van der Waals surface area contributed by atoms with E-state index in [2.05, 4.69) is 4.98 Å². The smallest absolute Gasteiger partial charge is 0.268 e. The summed E-state index contributed by atoms with van der Waals surface area (Å²) in [4.78, 5) is 29.3. The number of benzene rings is 1. The number of amides is 2. The summed E-state index contributed by atoms with van der Waals surface area (Å²) >= 11 is 0. The Labute approximate surface area is 148 Å². The summed E-state index contributed by atoms with van der Waals surface area (Å²) in [6, 6.07) is 2.52. The zero-order valence-corrected chi connectivity index (χ0v) is 14.0. The Balaban J connectivity index is 1.61. The highest BCUT2D eigenvalue weighted by atomic mass is 19.1. The van der Waals surface area contributed by atoms with Crippen LogP contribution in [0.15, 0.2) is 24.4 Å². The monoisotopic (exact) mass is 363 g/mol. The standard InChI is InChI=1S/C17H19F2N5O2/c18-11-1-2-13(19)10(5-11)6-12(20)7-16(25)24-4-3-23-8-14(17(21)26)22-15(23)9-24/h1-2,5,8,12H,3-4,6-7,9,20H2,(H2,21,26). The number of nitrogens with zero attached hydrogens (tertiary/aromatic N) is 3. The first-order chi connectivity index (χ1) is 12.3. The third-order valence-electron chi connectivity index (χ3n) is 4.33. The van der Waals surface area contributed by atoms with Gasteiger partial charge in [-0.05, 0) is 30.2 Å². The van der Waals surface area contributed by atoms with E-state index in [4.69, 9.17) is 11.5 Å². The molecule has 138 valence electrons. The molecule has 7 nitrogen and oxygen atoms in total. The molecule has 9 heteroatoms. The van der Waals surface area contributed by atoms with Gasteiger partial charge in [-0.1, -0.05) is 0 Å². The first-order valence-corrected chi connectivity index (χ1v) is 8.16. The van der Waals surface area contributed by atoms with Crippen molar-refractivity contribution in [2.24, 2.45) is 11.5 Å². The average molecular weight is 363 g/mol. The molecule has 2 amide bonds. The van der Waals surface area contributed by atoms with Crippen molar-refractivity contribution < 1.29 is 18.4 Å². The minimum atomic E-state index is -0.637. The number of aromatic nitrogens is 2. The van der Waals surface area contributed by atoms with E-state index in [9.17, 15) is 18.4 Å². The molecule has 26 heavy (non-hydrogen) atoms. The molecule has 0 spiro atoms. The van der Waals surface area contributed by atoms with Crippen molar-refractivity contribution in [3.63, 3.8) is 0 Å². The van der Waals surface area contributed by atoms with Gasteiger partial charge in [0.15, 0.2) is 0 Å². The van der Waals surface area contributed by atoms with Crippen LogP contribution in [0.2, 0.25) is 0 Å². The van der Waals surface area contributed by atoms with Crippen LogP contribution in [0.5, 0.6) is 0 Å². The zero-order chi connectivity index (χ0) is 18.8. The van der Waals surface area contributed by atoms with E-state index in [1.807, 2.05) is 0 Å². The van der Waals surface area contributed by atoms with Crippen molar-refractivity contribution in [2.75, 3.05) is 6.54 Å². The molecule has 0 radical (unpaired) electrons. The quantitative estimate of drug-likeness (QED) is 0.809. The van der Waals surface area contributed by atoms with Crippen molar-refractivity contribution in [3.05, 3.63) is 53.1 Å². The average Bonchev–Trinajstić information content (AvgIpc) is 3.01. The lowest BCUT2D eigenvalue weighted by molar-refractivity contribution is -0.133. The van der Waals surface area contributed by atoms with E-state index >= 15 is 0 Å². The number of hydrogen-bond donors (Lipinski definition) is 2. The summed E-state index contributed by atoms with van der Waals surface area (Å²) in [6.45, 7) is 1.18. The molecule has 0 bridgehead atoms. The van der Waals surface area contributed by atoms with Gasteiger partial charge in [-0.25, -0.2) is 13.8 Å². The van der Waals surface area contributed by atoms with Crippen molar-refractivity contribution in [3.8, 4) is 0 Å². The van der Waals surface area contributed by atoms with Crippen LogP contribution in [-0.4, -0.2) is 38.9 Å². The van der Waals surface area contributed by atoms with Gasteiger partial charge in [-0.2, -0.15) is 0 Å². The molecule has 0 aliphatic carbocycles. The van der Waals surface area contributed by atoms with Crippen LogP contribution in [0.1, 0.15) is 28.3 Å². The van der Waals surface area contributed by atoms with Gasteiger partial charge >= 0.3 is 0 Å². The maximum atomic E-state index is 13.7. The lowest BCUT2D eigenvalue weighted by Gasteiger charge is -2.28. The predicted octanol–water partition coefficient (Wildman–Crippen LogP) is 0.563. The third kappa shape index (κ3) is 3.88. The second kappa shape index (κ2) is 7.20. The topological polar surface area (TPSA) is 107 Å². The first kappa shape index (κ1) is 18.0. The maximum Gasteiger partial charge on any atom is 0.268 e. The number of fused-ring (bicyclic) bond motifs is 1. The Kier molecular flexibility index (Phi) is 4.99. The third-order valence-corrected chi connectivity index (χ3v) is 4.33. The summed E-state index contributed by atoms with van der Waals surface area (Å²) in [7, 11) is 0. The Hall–Kier alpha value is -2.81. The number of hydrogen-bond acceptors (Lipinski definition) is 4. The van der Waals surface area contributed by atoms with Crippen LogP contribution >= 0.6 is 0 Å². The minimum absolute atomic E-state index is 0.000656. The Bertz CT molecular complexity index is 852. The lowest BCUT2D eigenvalue weighted by Crippen LogP contribution is -2.41. The number of primary amides is 1. The van der Waals surface area contributed by atoms with Gasteiger partial charge in [0.1, 0.15) is 23.2 Å². The van der Waals surface area contributed by atoms with E-state index in [1.165, 1.54) is 0 Å². The minimum Gasteiger partial charge on any atom is -0.364 e. The van der Waals surface area contributed by atoms with Crippen LogP contribution in [0, 0.1) is 11.6 Å². The maximum absolute atomic E-state index is 13.7. The fourth-order valence-electron chi connectivity index (χ4n) is 2.99. The SMILES string of the molecule is NC(=O)c1cn2c(n1)CN(C(=O)CC(N)Cc1cc(F)ccc1F)CC2. The van der Waals surface area contributed by atoms with Crippen LogP contribution in [0.4, 0.5) is 8.78 Å². The number of rotatable bonds is 5. The Morgan fingerprint density at radius 1 is 1.27 bits per heavy atom. The molecular formula is C17H19F2N5O2. The number of halogens is 2. The second-order valence-electron chi connectivity index (χ2n) is 6.32. The number of carbonyl (C=O) groups is 2. The van der Waals surface area contributed by atoms with E-state index in [0.717, 1.165) is 18.2 Å². The molecule has 1 aromatic heterocycles. The molecule has 0 saturated carbocycles. The summed E-state index contributed by atoms with van der Waals surface area (Å²) in [5.74, 6) is -1.35. The molecule has 1 aromatic carbocycles. The van der Waals surface area contributed by atoms with E-state index in [-0.39, 0.29) is 36.6 Å². The molecule has 2 aromatic rings. The van der Waals surface area contributed by atoms with Crippen LogP contribution in [0.25, 0.3) is 0 Å². The number of carbonyl (C=O) groups excluding carboxylic acids is 2. The van der Waals surface area contributed by atoms with Crippen molar-refractivity contribution in [1.29, 1.82) is 0 Å². The van der Waals surface area contributed by atoms with Gasteiger partial charge in [-0.15, -0.1) is 0 Å². The largest absolute Gasteiger partial charge is 0.364 e. The highest BCUT2D eigenvalue weighted by Gasteiger charge is 2.25. The Morgan fingerprint density at radius 2 is 2.04 bits per heavy atom. The molecule has 1 atom stereocenters. The summed E-state index contributed by atoms with van der Waals surface area (Å²) in [6.07, 6.45) is 1.63. The van der Waals surface area contributed by atoms with E-state index in [1.54, 1.807) is 15.7 Å². The van der Waals surface area contributed by atoms with Crippen LogP contribution in [-0.2, 0) is 24.3 Å². The van der Waals surface area contributed by atoms with Gasteiger partial charge in [0.05, 0.1) is 6.54 Å². The van der Waals surface area contributed by atoms with E-state index < -0.39 is 23.6 Å². The second-order valence-corrected chi connectivity index (χ2v) is 6.32. The number of nitrogens with two attached hydrogens (primary N) is 2. The van der Waals surface area contributed by atoms with Crippen molar-refractivity contribution in [1.82, 2.24) is 14.5 Å². The molecule has 4 N–H and O–H groups in total.